The summed E-state index contributed by atoms with van der Waals surface area (Å²) in [5.41, 5.74) is 3.65. The molecule has 0 unspecified atom stereocenters. The van der Waals surface area contributed by atoms with E-state index in [-0.39, 0.29) is 22.2 Å². The number of aromatic nitrogens is 2. The Morgan fingerprint density at radius 1 is 0.958 bits per heavy atom. The van der Waals surface area contributed by atoms with Gasteiger partial charge in [-0.25, -0.2) is 14.4 Å². The summed E-state index contributed by atoms with van der Waals surface area (Å²) in [6, 6.07) is 8.32. The van der Waals surface area contributed by atoms with Gasteiger partial charge in [-0.15, -0.1) is 0 Å². The number of alkyl halides is 3. The summed E-state index contributed by atoms with van der Waals surface area (Å²) in [6.07, 6.45) is -4.77. The molecule has 0 aliphatic heterocycles. The Labute approximate surface area is 133 Å². The zero-order chi connectivity index (χ0) is 17.5. The maximum atomic E-state index is 13.3. The summed E-state index contributed by atoms with van der Waals surface area (Å²) in [5, 5.41) is 0. The third kappa shape index (κ3) is 2.90. The van der Waals surface area contributed by atoms with E-state index in [0.29, 0.717) is 0 Å². The van der Waals surface area contributed by atoms with Crippen LogP contribution in [-0.4, -0.2) is 15.9 Å². The Kier molecular flexibility index (Phi) is 3.67. The highest BCUT2D eigenvalue weighted by Gasteiger charge is 2.37. The van der Waals surface area contributed by atoms with E-state index in [0.717, 1.165) is 18.2 Å². The van der Waals surface area contributed by atoms with Crippen molar-refractivity contribution in [2.45, 2.75) is 6.18 Å². The number of hydrogen-bond donors (Lipinski definition) is 1. The Morgan fingerprint density at radius 3 is 2.21 bits per heavy atom. The first-order valence-corrected chi connectivity index (χ1v) is 6.70. The predicted octanol–water partition coefficient (Wildman–Crippen LogP) is 3.55. The minimum absolute atomic E-state index is 0.0273. The zero-order valence-corrected chi connectivity index (χ0v) is 11.9. The normalized spacial score (nSPS) is 11.7. The van der Waals surface area contributed by atoms with Gasteiger partial charge in [-0.3, -0.25) is 4.79 Å². The molecule has 8 heteroatoms. The van der Waals surface area contributed by atoms with Gasteiger partial charge in [0.2, 0.25) is 5.91 Å². The van der Waals surface area contributed by atoms with E-state index in [2.05, 4.69) is 9.97 Å². The molecule has 2 N–H and O–H groups in total. The summed E-state index contributed by atoms with van der Waals surface area (Å²) in [6.45, 7) is 0. The maximum Gasteiger partial charge on any atom is 0.435 e. The van der Waals surface area contributed by atoms with Gasteiger partial charge in [-0.2, -0.15) is 13.2 Å². The van der Waals surface area contributed by atoms with Gasteiger partial charge in [0, 0.05) is 11.1 Å². The van der Waals surface area contributed by atoms with Crippen LogP contribution in [0.3, 0.4) is 0 Å². The van der Waals surface area contributed by atoms with Crippen molar-refractivity contribution in [2.75, 3.05) is 0 Å². The van der Waals surface area contributed by atoms with Crippen LogP contribution in [0.25, 0.3) is 22.3 Å². The predicted molar refractivity (Wildman–Crippen MR) is 78.5 cm³/mol. The van der Waals surface area contributed by atoms with Crippen molar-refractivity contribution >= 4 is 16.9 Å². The number of carbonyl (C=O) groups excluding carboxylic acids is 1. The van der Waals surface area contributed by atoms with Crippen LogP contribution in [-0.2, 0) is 6.18 Å². The lowest BCUT2D eigenvalue weighted by Crippen LogP contribution is -2.13. The van der Waals surface area contributed by atoms with Gasteiger partial charge in [-0.05, 0) is 42.5 Å². The monoisotopic (exact) mass is 335 g/mol. The molecule has 24 heavy (non-hydrogen) atoms. The lowest BCUT2D eigenvalue weighted by Gasteiger charge is -2.13. The van der Waals surface area contributed by atoms with Gasteiger partial charge in [0.15, 0.2) is 5.69 Å². The van der Waals surface area contributed by atoms with Gasteiger partial charge in [0.05, 0.1) is 11.0 Å². The summed E-state index contributed by atoms with van der Waals surface area (Å²) in [4.78, 5) is 18.7. The highest BCUT2D eigenvalue weighted by Crippen LogP contribution is 2.35. The number of benzene rings is 2. The fourth-order valence-corrected chi connectivity index (χ4v) is 2.21. The van der Waals surface area contributed by atoms with E-state index in [9.17, 15) is 22.4 Å². The molecule has 3 rings (SSSR count). The van der Waals surface area contributed by atoms with Crippen molar-refractivity contribution in [1.82, 2.24) is 9.97 Å². The van der Waals surface area contributed by atoms with E-state index >= 15 is 0 Å². The number of halogens is 4. The molecule has 0 spiro atoms. The second kappa shape index (κ2) is 5.55. The third-order valence-corrected chi connectivity index (χ3v) is 3.33. The lowest BCUT2D eigenvalue weighted by molar-refractivity contribution is -0.140. The molecule has 0 fully saturated rings. The molecule has 1 aromatic heterocycles. The van der Waals surface area contributed by atoms with Crippen molar-refractivity contribution in [3.63, 3.8) is 0 Å². The van der Waals surface area contributed by atoms with Crippen LogP contribution < -0.4 is 5.73 Å². The Hall–Kier alpha value is -3.03. The van der Waals surface area contributed by atoms with Crippen molar-refractivity contribution in [2.24, 2.45) is 5.73 Å². The lowest BCUT2D eigenvalue weighted by atomic mass is 10.1. The summed E-state index contributed by atoms with van der Waals surface area (Å²) in [5.74, 6) is -1.36. The fourth-order valence-electron chi connectivity index (χ4n) is 2.21. The average Bonchev–Trinajstić information content (AvgIpc) is 2.53. The highest BCUT2D eigenvalue weighted by atomic mass is 19.4. The van der Waals surface area contributed by atoms with Crippen LogP contribution in [0.2, 0.25) is 0 Å². The molecule has 3 aromatic rings. The smallest absolute Gasteiger partial charge is 0.366 e. The van der Waals surface area contributed by atoms with Crippen LogP contribution in [0.1, 0.15) is 16.1 Å². The molecular formula is C16H9F4N3O. The third-order valence-electron chi connectivity index (χ3n) is 3.33. The maximum absolute atomic E-state index is 13.3. The van der Waals surface area contributed by atoms with Crippen molar-refractivity contribution < 1.29 is 22.4 Å². The molecule has 122 valence electrons. The molecule has 0 aliphatic carbocycles. The van der Waals surface area contributed by atoms with Crippen molar-refractivity contribution in [1.29, 1.82) is 0 Å². The van der Waals surface area contributed by atoms with Gasteiger partial charge in [0.1, 0.15) is 11.5 Å². The van der Waals surface area contributed by atoms with Crippen LogP contribution >= 0.6 is 0 Å². The minimum atomic E-state index is -4.77. The van der Waals surface area contributed by atoms with Crippen LogP contribution in [0, 0.1) is 5.82 Å². The summed E-state index contributed by atoms with van der Waals surface area (Å²) >= 11 is 0. The average molecular weight is 335 g/mol. The van der Waals surface area contributed by atoms with E-state index in [1.54, 1.807) is 0 Å². The van der Waals surface area contributed by atoms with Crippen LogP contribution in [0.15, 0.2) is 42.5 Å². The van der Waals surface area contributed by atoms with Crippen molar-refractivity contribution in [3.8, 4) is 11.3 Å². The zero-order valence-electron chi connectivity index (χ0n) is 11.9. The number of nitrogens with two attached hydrogens (primary N) is 1. The molecule has 0 atom stereocenters. The number of primary amides is 1. The topological polar surface area (TPSA) is 68.9 Å². The second-order valence-corrected chi connectivity index (χ2v) is 4.99. The molecule has 4 nitrogen and oxygen atoms in total. The number of carbonyl (C=O) groups is 1. The van der Waals surface area contributed by atoms with Gasteiger partial charge >= 0.3 is 6.18 Å². The number of hydrogen-bond acceptors (Lipinski definition) is 3. The first kappa shape index (κ1) is 15.9. The summed E-state index contributed by atoms with van der Waals surface area (Å²) < 4.78 is 53.0. The minimum Gasteiger partial charge on any atom is -0.366 e. The van der Waals surface area contributed by atoms with E-state index in [1.807, 2.05) is 0 Å². The van der Waals surface area contributed by atoms with Crippen LogP contribution in [0.5, 0.6) is 0 Å². The van der Waals surface area contributed by atoms with Crippen LogP contribution in [0.4, 0.5) is 17.6 Å². The highest BCUT2D eigenvalue weighted by molar-refractivity contribution is 5.96. The molecule has 0 bridgehead atoms. The fraction of sp³-hybridized carbons (Fsp3) is 0.0625. The Bertz CT molecular complexity index is 936. The first-order chi connectivity index (χ1) is 11.3. The van der Waals surface area contributed by atoms with E-state index in [1.165, 1.54) is 24.3 Å². The van der Waals surface area contributed by atoms with Gasteiger partial charge in [0.25, 0.3) is 0 Å². The largest absolute Gasteiger partial charge is 0.435 e. The molecule has 1 heterocycles. The first-order valence-electron chi connectivity index (χ1n) is 6.70. The number of nitrogens with zero attached hydrogens (tertiary/aromatic N) is 2. The molecule has 0 saturated heterocycles. The standard InChI is InChI=1S/C16H9F4N3O/c17-10-4-1-8(2-5-10)13-14(16(18,19)20)23-12-7-9(15(21)24)3-6-11(12)22-13/h1-7H,(H2,21,24). The SMILES string of the molecule is NC(=O)c1ccc2nc(-c3ccc(F)cc3)c(C(F)(F)F)nc2c1. The molecule has 0 radical (unpaired) electrons. The summed E-state index contributed by atoms with van der Waals surface area (Å²) in [7, 11) is 0. The molecule has 1 amide bonds. The molecule has 0 aliphatic rings. The number of rotatable bonds is 2. The number of amides is 1. The van der Waals surface area contributed by atoms with E-state index < -0.39 is 29.3 Å². The second-order valence-electron chi connectivity index (χ2n) is 4.99. The van der Waals surface area contributed by atoms with Gasteiger partial charge in [-0.1, -0.05) is 0 Å². The Morgan fingerprint density at radius 2 is 1.62 bits per heavy atom. The molecule has 0 saturated carbocycles. The molecular weight excluding hydrogens is 326 g/mol. The van der Waals surface area contributed by atoms with E-state index in [4.69, 9.17) is 5.73 Å². The van der Waals surface area contributed by atoms with Crippen molar-refractivity contribution in [3.05, 3.63) is 59.5 Å². The quantitative estimate of drug-likeness (QED) is 0.728. The Balaban J connectivity index is 2.29. The molecule has 2 aromatic carbocycles. The van der Waals surface area contributed by atoms with Gasteiger partial charge < -0.3 is 5.73 Å². The number of fused-ring (bicyclic) bond motifs is 1.